The lowest BCUT2D eigenvalue weighted by molar-refractivity contribution is -0.0590. The summed E-state index contributed by atoms with van der Waals surface area (Å²) in [6.07, 6.45) is 3.81. The molecule has 1 heterocycles. The Labute approximate surface area is 98.9 Å². The Kier molecular flexibility index (Phi) is 3.66. The molecule has 1 aromatic heterocycles. The van der Waals surface area contributed by atoms with Crippen LogP contribution in [0.1, 0.15) is 43.8 Å². The minimum absolute atomic E-state index is 0.0175. The van der Waals surface area contributed by atoms with E-state index in [9.17, 15) is 13.9 Å². The summed E-state index contributed by atoms with van der Waals surface area (Å²) < 4.78 is 26.4. The second-order valence-electron chi connectivity index (χ2n) is 4.75. The van der Waals surface area contributed by atoms with Crippen molar-refractivity contribution in [1.29, 1.82) is 0 Å². The minimum Gasteiger partial charge on any atom is -0.388 e. The molecule has 0 saturated heterocycles. The van der Waals surface area contributed by atoms with E-state index in [1.165, 1.54) is 12.4 Å². The standard InChI is InChI=1S/C12H16F2N2O/c13-12(14)4-1-2-9(7-12)6-11(17)10-3-5-15-16-8-10/h3,5,8-9,11,17H,1-2,4,6-7H2. The van der Waals surface area contributed by atoms with Gasteiger partial charge in [0.05, 0.1) is 12.3 Å². The Morgan fingerprint density at radius 1 is 1.47 bits per heavy atom. The monoisotopic (exact) mass is 242 g/mol. The maximum atomic E-state index is 13.2. The van der Waals surface area contributed by atoms with Gasteiger partial charge in [-0.25, -0.2) is 8.78 Å². The average molecular weight is 242 g/mol. The fourth-order valence-electron chi connectivity index (χ4n) is 2.43. The third kappa shape index (κ3) is 3.43. The number of halogens is 2. The molecule has 0 radical (unpaired) electrons. The van der Waals surface area contributed by atoms with Crippen LogP contribution in [0.3, 0.4) is 0 Å². The van der Waals surface area contributed by atoms with Crippen molar-refractivity contribution in [3.05, 3.63) is 24.0 Å². The van der Waals surface area contributed by atoms with Gasteiger partial charge in [0.2, 0.25) is 5.92 Å². The van der Waals surface area contributed by atoms with Gasteiger partial charge in [0.1, 0.15) is 0 Å². The molecule has 94 valence electrons. The highest BCUT2D eigenvalue weighted by Crippen LogP contribution is 2.40. The lowest BCUT2D eigenvalue weighted by Crippen LogP contribution is -2.27. The van der Waals surface area contributed by atoms with Gasteiger partial charge < -0.3 is 5.11 Å². The molecule has 1 aliphatic rings. The Hall–Kier alpha value is -1.10. The molecular weight excluding hydrogens is 226 g/mol. The van der Waals surface area contributed by atoms with E-state index in [2.05, 4.69) is 10.2 Å². The Morgan fingerprint density at radius 3 is 2.94 bits per heavy atom. The molecule has 0 amide bonds. The number of alkyl halides is 2. The third-order valence-electron chi connectivity index (χ3n) is 3.29. The summed E-state index contributed by atoms with van der Waals surface area (Å²) in [5.74, 6) is -2.67. The van der Waals surface area contributed by atoms with Crippen molar-refractivity contribution in [1.82, 2.24) is 10.2 Å². The number of rotatable bonds is 3. The van der Waals surface area contributed by atoms with Crippen LogP contribution in [-0.4, -0.2) is 21.2 Å². The average Bonchev–Trinajstić information content (AvgIpc) is 2.29. The van der Waals surface area contributed by atoms with Crippen molar-refractivity contribution in [2.24, 2.45) is 5.92 Å². The third-order valence-corrected chi connectivity index (χ3v) is 3.29. The van der Waals surface area contributed by atoms with Crippen LogP contribution in [-0.2, 0) is 0 Å². The van der Waals surface area contributed by atoms with Crippen LogP contribution in [0.25, 0.3) is 0 Å². The molecule has 2 unspecified atom stereocenters. The van der Waals surface area contributed by atoms with E-state index in [1.807, 2.05) is 0 Å². The second-order valence-corrected chi connectivity index (χ2v) is 4.75. The first-order valence-electron chi connectivity index (χ1n) is 5.89. The zero-order valence-corrected chi connectivity index (χ0v) is 9.52. The zero-order valence-electron chi connectivity index (χ0n) is 9.52. The van der Waals surface area contributed by atoms with Gasteiger partial charge in [0, 0.05) is 24.6 Å². The fraction of sp³-hybridized carbons (Fsp3) is 0.667. The number of hydrogen-bond acceptors (Lipinski definition) is 3. The molecule has 2 atom stereocenters. The highest BCUT2D eigenvalue weighted by Gasteiger charge is 2.36. The summed E-state index contributed by atoms with van der Waals surface area (Å²) in [5.41, 5.74) is 0.647. The van der Waals surface area contributed by atoms with Gasteiger partial charge in [0.25, 0.3) is 0 Å². The summed E-state index contributed by atoms with van der Waals surface area (Å²) in [6, 6.07) is 1.67. The Balaban J connectivity index is 1.93. The number of aliphatic hydroxyl groups is 1. The van der Waals surface area contributed by atoms with Crippen LogP contribution in [0.2, 0.25) is 0 Å². The number of hydrogen-bond donors (Lipinski definition) is 1. The van der Waals surface area contributed by atoms with E-state index in [4.69, 9.17) is 0 Å². The number of aliphatic hydroxyl groups excluding tert-OH is 1. The van der Waals surface area contributed by atoms with Crippen molar-refractivity contribution in [3.63, 3.8) is 0 Å². The maximum absolute atomic E-state index is 13.2. The van der Waals surface area contributed by atoms with E-state index in [1.54, 1.807) is 6.07 Å². The van der Waals surface area contributed by atoms with Crippen molar-refractivity contribution in [2.45, 2.75) is 44.1 Å². The van der Waals surface area contributed by atoms with Crippen LogP contribution in [0.4, 0.5) is 8.78 Å². The van der Waals surface area contributed by atoms with E-state index in [0.29, 0.717) is 18.4 Å². The summed E-state index contributed by atoms with van der Waals surface area (Å²) in [5, 5.41) is 17.2. The lowest BCUT2D eigenvalue weighted by Gasteiger charge is -2.30. The molecule has 1 N–H and O–H groups in total. The van der Waals surface area contributed by atoms with Crippen molar-refractivity contribution in [2.75, 3.05) is 0 Å². The first kappa shape index (κ1) is 12.4. The summed E-state index contributed by atoms with van der Waals surface area (Å²) in [7, 11) is 0. The molecule has 1 fully saturated rings. The largest absolute Gasteiger partial charge is 0.388 e. The quantitative estimate of drug-likeness (QED) is 0.886. The van der Waals surface area contributed by atoms with E-state index >= 15 is 0 Å². The molecule has 1 aromatic rings. The number of nitrogens with zero attached hydrogens (tertiary/aromatic N) is 2. The fourth-order valence-corrected chi connectivity index (χ4v) is 2.43. The van der Waals surface area contributed by atoms with E-state index in [-0.39, 0.29) is 18.8 Å². The second kappa shape index (κ2) is 5.04. The van der Waals surface area contributed by atoms with E-state index < -0.39 is 12.0 Å². The maximum Gasteiger partial charge on any atom is 0.248 e. The molecule has 2 rings (SSSR count). The van der Waals surface area contributed by atoms with Crippen molar-refractivity contribution < 1.29 is 13.9 Å². The van der Waals surface area contributed by atoms with Gasteiger partial charge in [-0.1, -0.05) is 0 Å². The van der Waals surface area contributed by atoms with Crippen LogP contribution in [0.5, 0.6) is 0 Å². The Morgan fingerprint density at radius 2 is 2.29 bits per heavy atom. The van der Waals surface area contributed by atoms with Gasteiger partial charge in [-0.3, -0.25) is 0 Å². The van der Waals surface area contributed by atoms with Gasteiger partial charge in [-0.05, 0) is 31.2 Å². The molecule has 0 aliphatic heterocycles. The van der Waals surface area contributed by atoms with Gasteiger partial charge in [0.15, 0.2) is 0 Å². The molecule has 17 heavy (non-hydrogen) atoms. The first-order valence-corrected chi connectivity index (χ1v) is 5.89. The minimum atomic E-state index is -2.56. The van der Waals surface area contributed by atoms with Gasteiger partial charge >= 0.3 is 0 Å². The molecule has 0 aromatic carbocycles. The molecule has 1 aliphatic carbocycles. The highest BCUT2D eigenvalue weighted by molar-refractivity contribution is 5.09. The highest BCUT2D eigenvalue weighted by atomic mass is 19.3. The SMILES string of the molecule is OC(CC1CCCC(F)(F)C1)c1ccnnc1. The summed E-state index contributed by atoms with van der Waals surface area (Å²) >= 11 is 0. The predicted octanol–water partition coefficient (Wildman–Crippen LogP) is 2.73. The first-order chi connectivity index (χ1) is 8.07. The van der Waals surface area contributed by atoms with Crippen molar-refractivity contribution in [3.8, 4) is 0 Å². The van der Waals surface area contributed by atoms with Gasteiger partial charge in [-0.15, -0.1) is 0 Å². The molecule has 5 heteroatoms. The topological polar surface area (TPSA) is 46.0 Å². The molecule has 0 spiro atoms. The molecule has 3 nitrogen and oxygen atoms in total. The summed E-state index contributed by atoms with van der Waals surface area (Å²) in [4.78, 5) is 0. The normalized spacial score (nSPS) is 25.5. The van der Waals surface area contributed by atoms with Crippen LogP contribution >= 0.6 is 0 Å². The smallest absolute Gasteiger partial charge is 0.248 e. The Bertz CT molecular complexity index is 359. The van der Waals surface area contributed by atoms with Crippen LogP contribution in [0, 0.1) is 5.92 Å². The van der Waals surface area contributed by atoms with E-state index in [0.717, 1.165) is 6.42 Å². The van der Waals surface area contributed by atoms with Crippen LogP contribution in [0.15, 0.2) is 18.5 Å². The summed E-state index contributed by atoms with van der Waals surface area (Å²) in [6.45, 7) is 0. The molecular formula is C12H16F2N2O. The molecule has 0 bridgehead atoms. The lowest BCUT2D eigenvalue weighted by atomic mass is 9.82. The number of aromatic nitrogens is 2. The van der Waals surface area contributed by atoms with Crippen LogP contribution < -0.4 is 0 Å². The zero-order chi connectivity index (χ0) is 12.3. The van der Waals surface area contributed by atoms with Crippen molar-refractivity contribution >= 4 is 0 Å². The van der Waals surface area contributed by atoms with Gasteiger partial charge in [-0.2, -0.15) is 10.2 Å². The predicted molar refractivity (Wildman–Crippen MR) is 58.5 cm³/mol. The molecule has 1 saturated carbocycles.